The van der Waals surface area contributed by atoms with Crippen molar-refractivity contribution in [3.8, 4) is 5.75 Å². The zero-order valence-corrected chi connectivity index (χ0v) is 21.1. The van der Waals surface area contributed by atoms with E-state index in [9.17, 15) is 13.2 Å². The molecule has 0 atom stereocenters. The monoisotopic (exact) mass is 498 g/mol. The molecule has 0 bridgehead atoms. The van der Waals surface area contributed by atoms with Gasteiger partial charge in [-0.1, -0.05) is 54.1 Å². The summed E-state index contributed by atoms with van der Waals surface area (Å²) < 4.78 is 33.2. The van der Waals surface area contributed by atoms with E-state index in [1.165, 1.54) is 12.7 Å². The van der Waals surface area contributed by atoms with Gasteiger partial charge in [0.1, 0.15) is 12.3 Å². The molecule has 1 N–H and O–H groups in total. The van der Waals surface area contributed by atoms with Crippen molar-refractivity contribution >= 4 is 33.4 Å². The van der Waals surface area contributed by atoms with Crippen LogP contribution < -0.4 is 14.4 Å². The molecule has 0 aliphatic heterocycles. The summed E-state index contributed by atoms with van der Waals surface area (Å²) in [6.07, 6.45) is 0.799. The van der Waals surface area contributed by atoms with Crippen LogP contribution in [0.15, 0.2) is 83.8 Å². The highest BCUT2D eigenvalue weighted by molar-refractivity contribution is 7.98. The van der Waals surface area contributed by atoms with Gasteiger partial charge in [-0.05, 0) is 48.9 Å². The maximum atomic E-state index is 13.4. The van der Waals surface area contributed by atoms with Crippen LogP contribution in [0.1, 0.15) is 17.5 Å². The maximum absolute atomic E-state index is 13.4. The smallest absolute Gasteiger partial charge is 0.264 e. The number of ether oxygens (including phenoxy) is 1. The van der Waals surface area contributed by atoms with Gasteiger partial charge < -0.3 is 10.1 Å². The van der Waals surface area contributed by atoms with E-state index in [-0.39, 0.29) is 17.3 Å². The number of hydrogen-bond donors (Lipinski definition) is 1. The van der Waals surface area contributed by atoms with Crippen LogP contribution in [0.2, 0.25) is 0 Å². The number of carbonyl (C=O) groups is 1. The number of hydrogen-bond acceptors (Lipinski definition) is 5. The van der Waals surface area contributed by atoms with Crippen molar-refractivity contribution in [3.05, 3.63) is 90.0 Å². The Morgan fingerprint density at radius 1 is 1.00 bits per heavy atom. The van der Waals surface area contributed by atoms with Crippen LogP contribution in [0.4, 0.5) is 5.69 Å². The molecule has 3 rings (SSSR count). The highest BCUT2D eigenvalue weighted by Gasteiger charge is 2.27. The number of sulfonamides is 1. The van der Waals surface area contributed by atoms with E-state index >= 15 is 0 Å². The molecule has 0 aliphatic carbocycles. The third-order valence-electron chi connectivity index (χ3n) is 5.14. The molecule has 0 spiro atoms. The second-order valence-electron chi connectivity index (χ2n) is 7.77. The van der Waals surface area contributed by atoms with Gasteiger partial charge in [-0.15, -0.1) is 0 Å². The summed E-state index contributed by atoms with van der Waals surface area (Å²) in [5.74, 6) is 1.98. The molecule has 0 heterocycles. The van der Waals surface area contributed by atoms with E-state index in [4.69, 9.17) is 4.74 Å². The number of anilines is 1. The van der Waals surface area contributed by atoms with Crippen LogP contribution >= 0.6 is 11.8 Å². The van der Waals surface area contributed by atoms with E-state index in [0.29, 0.717) is 18.0 Å². The Kier molecular flexibility index (Phi) is 9.42. The third kappa shape index (κ3) is 7.27. The molecule has 6 nitrogen and oxygen atoms in total. The van der Waals surface area contributed by atoms with E-state index in [2.05, 4.69) is 17.4 Å². The Hall–Kier alpha value is -2.97. The molecule has 3 aromatic carbocycles. The van der Waals surface area contributed by atoms with Gasteiger partial charge in [0, 0.05) is 18.4 Å². The summed E-state index contributed by atoms with van der Waals surface area (Å²) in [6, 6.07) is 23.5. The molecular formula is C26H30N2O4S2. The standard InChI is InChI=1S/C26H30N2O4S2/c1-21-12-14-25(15-13-21)34(30,31)28(23-10-6-11-24(18-23)32-2)19-26(29)27-16-7-17-33-20-22-8-4-3-5-9-22/h3-6,8-15,18H,7,16-17,19-20H2,1-2H3,(H,27,29). The lowest BCUT2D eigenvalue weighted by molar-refractivity contribution is -0.119. The van der Waals surface area contributed by atoms with Gasteiger partial charge in [-0.25, -0.2) is 8.42 Å². The first-order chi connectivity index (χ1) is 16.4. The molecule has 0 fully saturated rings. The van der Waals surface area contributed by atoms with E-state index in [1.54, 1.807) is 60.3 Å². The lowest BCUT2D eigenvalue weighted by Crippen LogP contribution is -2.41. The topological polar surface area (TPSA) is 75.7 Å². The lowest BCUT2D eigenvalue weighted by Gasteiger charge is -2.24. The van der Waals surface area contributed by atoms with Crippen LogP contribution in [-0.4, -0.2) is 40.3 Å². The minimum Gasteiger partial charge on any atom is -0.497 e. The average molecular weight is 499 g/mol. The summed E-state index contributed by atoms with van der Waals surface area (Å²) in [5.41, 5.74) is 2.59. The van der Waals surface area contributed by atoms with Gasteiger partial charge in [0.25, 0.3) is 10.0 Å². The van der Waals surface area contributed by atoms with E-state index in [1.807, 2.05) is 25.1 Å². The van der Waals surface area contributed by atoms with Gasteiger partial charge in [0.05, 0.1) is 17.7 Å². The van der Waals surface area contributed by atoms with Crippen molar-refractivity contribution in [2.45, 2.75) is 24.0 Å². The number of amides is 1. The van der Waals surface area contributed by atoms with Crippen molar-refractivity contribution in [2.75, 3.05) is 30.3 Å². The number of carbonyl (C=O) groups excluding carboxylic acids is 1. The molecule has 0 saturated heterocycles. The summed E-state index contributed by atoms with van der Waals surface area (Å²) in [7, 11) is -2.43. The van der Waals surface area contributed by atoms with Crippen molar-refractivity contribution < 1.29 is 17.9 Å². The fourth-order valence-electron chi connectivity index (χ4n) is 3.27. The minimum atomic E-state index is -3.95. The normalized spacial score (nSPS) is 11.1. The molecule has 0 radical (unpaired) electrons. The molecule has 8 heteroatoms. The summed E-state index contributed by atoms with van der Waals surface area (Å²) in [5, 5.41) is 2.85. The Bertz CT molecular complexity index is 1170. The fourth-order valence-corrected chi connectivity index (χ4v) is 5.60. The summed E-state index contributed by atoms with van der Waals surface area (Å²) >= 11 is 1.80. The Labute approximate surface area is 206 Å². The first-order valence-electron chi connectivity index (χ1n) is 11.0. The Morgan fingerprint density at radius 3 is 2.44 bits per heavy atom. The van der Waals surface area contributed by atoms with Crippen molar-refractivity contribution in [2.24, 2.45) is 0 Å². The quantitative estimate of drug-likeness (QED) is 0.368. The second-order valence-corrected chi connectivity index (χ2v) is 10.7. The highest BCUT2D eigenvalue weighted by Crippen LogP contribution is 2.27. The number of rotatable bonds is 12. The molecule has 3 aromatic rings. The van der Waals surface area contributed by atoms with Crippen molar-refractivity contribution in [3.63, 3.8) is 0 Å². The summed E-state index contributed by atoms with van der Waals surface area (Å²) in [6.45, 7) is 2.06. The Balaban J connectivity index is 1.63. The number of benzene rings is 3. The van der Waals surface area contributed by atoms with E-state index < -0.39 is 10.0 Å². The van der Waals surface area contributed by atoms with Crippen LogP contribution in [0.5, 0.6) is 5.75 Å². The highest BCUT2D eigenvalue weighted by atomic mass is 32.2. The molecule has 0 unspecified atom stereocenters. The van der Waals surface area contributed by atoms with Crippen LogP contribution in [0.3, 0.4) is 0 Å². The van der Waals surface area contributed by atoms with Gasteiger partial charge in [-0.2, -0.15) is 11.8 Å². The number of nitrogens with zero attached hydrogens (tertiary/aromatic N) is 1. The molecule has 1 amide bonds. The third-order valence-corrected chi connectivity index (χ3v) is 8.04. The summed E-state index contributed by atoms with van der Waals surface area (Å²) in [4.78, 5) is 12.8. The SMILES string of the molecule is COc1cccc(N(CC(=O)NCCCSCc2ccccc2)S(=O)(=O)c2ccc(C)cc2)c1. The minimum absolute atomic E-state index is 0.131. The molecule has 180 valence electrons. The van der Waals surface area contributed by atoms with Crippen molar-refractivity contribution in [1.82, 2.24) is 5.32 Å². The molecule has 0 saturated carbocycles. The number of nitrogens with one attached hydrogen (secondary N) is 1. The van der Waals surface area contributed by atoms with Gasteiger partial charge in [-0.3, -0.25) is 9.10 Å². The van der Waals surface area contributed by atoms with Crippen molar-refractivity contribution in [1.29, 1.82) is 0 Å². The largest absolute Gasteiger partial charge is 0.497 e. The zero-order valence-electron chi connectivity index (χ0n) is 19.4. The van der Waals surface area contributed by atoms with E-state index in [0.717, 1.165) is 27.8 Å². The number of thioether (sulfide) groups is 1. The number of methoxy groups -OCH3 is 1. The molecule has 0 aromatic heterocycles. The lowest BCUT2D eigenvalue weighted by atomic mass is 10.2. The average Bonchev–Trinajstić information content (AvgIpc) is 2.85. The predicted octanol–water partition coefficient (Wildman–Crippen LogP) is 4.64. The first-order valence-corrected chi connectivity index (χ1v) is 13.6. The zero-order chi connectivity index (χ0) is 24.4. The Morgan fingerprint density at radius 2 is 1.74 bits per heavy atom. The second kappa shape index (κ2) is 12.5. The van der Waals surface area contributed by atoms with Crippen LogP contribution in [-0.2, 0) is 20.6 Å². The van der Waals surface area contributed by atoms with Crippen LogP contribution in [0.25, 0.3) is 0 Å². The van der Waals surface area contributed by atoms with Gasteiger partial charge in [0.2, 0.25) is 5.91 Å². The predicted molar refractivity (Wildman–Crippen MR) is 139 cm³/mol. The maximum Gasteiger partial charge on any atom is 0.264 e. The molecule has 0 aliphatic rings. The van der Waals surface area contributed by atoms with Gasteiger partial charge >= 0.3 is 0 Å². The molecular weight excluding hydrogens is 468 g/mol. The van der Waals surface area contributed by atoms with Gasteiger partial charge in [0.15, 0.2) is 0 Å². The van der Waals surface area contributed by atoms with Crippen LogP contribution in [0, 0.1) is 6.92 Å². The number of aryl methyl sites for hydroxylation is 1. The molecule has 34 heavy (non-hydrogen) atoms. The fraction of sp³-hybridized carbons (Fsp3) is 0.269. The first kappa shape index (κ1) is 25.6.